The van der Waals surface area contributed by atoms with Crippen LogP contribution in [-0.4, -0.2) is 23.2 Å². The fourth-order valence-corrected chi connectivity index (χ4v) is 3.25. The molecule has 0 aliphatic heterocycles. The van der Waals surface area contributed by atoms with Gasteiger partial charge in [0.1, 0.15) is 12.6 Å². The topological polar surface area (TPSA) is 75.6 Å². The molecule has 24 heavy (non-hydrogen) atoms. The molecule has 0 aromatic heterocycles. The Morgan fingerprint density at radius 3 is 2.54 bits per heavy atom. The predicted octanol–water partition coefficient (Wildman–Crippen LogP) is 4.12. The minimum absolute atomic E-state index is 0.140. The van der Waals surface area contributed by atoms with Gasteiger partial charge in [-0.15, -0.1) is 0 Å². The molecule has 1 aliphatic rings. The molecule has 0 bridgehead atoms. The molecule has 5 nitrogen and oxygen atoms in total. The normalized spacial score (nSPS) is 16.3. The number of alkyl carbamates (subject to hydrolysis) is 1. The fraction of sp³-hybridized carbons (Fsp3) is 0.579. The minimum Gasteiger partial charge on any atom is -0.480 e. The number of carbonyl (C=O) groups excluding carboxylic acids is 1. The molecule has 2 N–H and O–H groups in total. The van der Waals surface area contributed by atoms with Gasteiger partial charge in [-0.05, 0) is 17.9 Å². The second-order valence-corrected chi connectivity index (χ2v) is 6.53. The largest absolute Gasteiger partial charge is 0.480 e. The lowest BCUT2D eigenvalue weighted by Gasteiger charge is -2.22. The van der Waals surface area contributed by atoms with E-state index < -0.39 is 18.1 Å². The van der Waals surface area contributed by atoms with Crippen LogP contribution in [0.3, 0.4) is 0 Å². The van der Waals surface area contributed by atoms with Crippen molar-refractivity contribution in [1.82, 2.24) is 5.32 Å². The summed E-state index contributed by atoms with van der Waals surface area (Å²) < 4.78 is 5.09. The Bertz CT molecular complexity index is 511. The summed E-state index contributed by atoms with van der Waals surface area (Å²) in [5.74, 6) is -0.284. The van der Waals surface area contributed by atoms with Gasteiger partial charge in [-0.3, -0.25) is 0 Å². The molecule has 2 rings (SSSR count). The molecule has 1 atom stereocenters. The lowest BCUT2D eigenvalue weighted by molar-refractivity contribution is -0.139. The zero-order valence-electron chi connectivity index (χ0n) is 14.1. The van der Waals surface area contributed by atoms with Gasteiger partial charge in [0.15, 0.2) is 0 Å². The molecular weight excluding hydrogens is 306 g/mol. The van der Waals surface area contributed by atoms with Crippen molar-refractivity contribution < 1.29 is 19.4 Å². The van der Waals surface area contributed by atoms with Gasteiger partial charge in [-0.2, -0.15) is 0 Å². The first-order valence-corrected chi connectivity index (χ1v) is 8.85. The highest BCUT2D eigenvalue weighted by Gasteiger charge is 2.21. The summed E-state index contributed by atoms with van der Waals surface area (Å²) in [5.41, 5.74) is 0.872. The van der Waals surface area contributed by atoms with Crippen LogP contribution in [0.4, 0.5) is 4.79 Å². The number of nitrogens with one attached hydrogen (secondary N) is 1. The Hall–Kier alpha value is -2.04. The highest BCUT2D eigenvalue weighted by atomic mass is 16.5. The fourth-order valence-electron chi connectivity index (χ4n) is 3.25. The average molecular weight is 333 g/mol. The van der Waals surface area contributed by atoms with Gasteiger partial charge < -0.3 is 15.2 Å². The maximum absolute atomic E-state index is 11.8. The first kappa shape index (κ1) is 18.3. The van der Waals surface area contributed by atoms with Crippen molar-refractivity contribution in [3.63, 3.8) is 0 Å². The number of aliphatic carboxylic acids is 1. The highest BCUT2D eigenvalue weighted by molar-refractivity contribution is 5.79. The quantitative estimate of drug-likeness (QED) is 0.750. The molecule has 0 radical (unpaired) electrons. The van der Waals surface area contributed by atoms with E-state index in [9.17, 15) is 14.7 Å². The Labute approximate surface area is 143 Å². The second kappa shape index (κ2) is 9.96. The van der Waals surface area contributed by atoms with Gasteiger partial charge in [0.25, 0.3) is 0 Å². The summed E-state index contributed by atoms with van der Waals surface area (Å²) in [6.07, 6.45) is 8.05. The number of hydrogen-bond acceptors (Lipinski definition) is 3. The zero-order valence-corrected chi connectivity index (χ0v) is 14.1. The third-order valence-electron chi connectivity index (χ3n) is 4.63. The third-order valence-corrected chi connectivity index (χ3v) is 4.63. The first-order valence-electron chi connectivity index (χ1n) is 8.85. The second-order valence-electron chi connectivity index (χ2n) is 6.53. The van der Waals surface area contributed by atoms with Crippen LogP contribution < -0.4 is 5.32 Å². The lowest BCUT2D eigenvalue weighted by Crippen LogP contribution is -2.41. The smallest absolute Gasteiger partial charge is 0.408 e. The van der Waals surface area contributed by atoms with Gasteiger partial charge in [-0.25, -0.2) is 9.59 Å². The number of carbonyl (C=O) groups is 2. The molecule has 1 fully saturated rings. The number of amides is 1. The standard InChI is InChI=1S/C19H27NO4/c21-18(22)17(13-7-12-15-8-3-1-4-9-15)20-19(23)24-14-16-10-5-2-6-11-16/h2,5-6,10-11,15,17H,1,3-4,7-9,12-14H2,(H,20,23)(H,21,22). The molecule has 1 saturated carbocycles. The predicted molar refractivity (Wildman–Crippen MR) is 91.6 cm³/mol. The summed E-state index contributed by atoms with van der Waals surface area (Å²) in [7, 11) is 0. The summed E-state index contributed by atoms with van der Waals surface area (Å²) in [6, 6.07) is 8.44. The van der Waals surface area contributed by atoms with Crippen molar-refractivity contribution in [1.29, 1.82) is 0 Å². The Morgan fingerprint density at radius 1 is 1.17 bits per heavy atom. The van der Waals surface area contributed by atoms with Gasteiger partial charge in [0, 0.05) is 0 Å². The number of hydrogen-bond donors (Lipinski definition) is 2. The third kappa shape index (κ3) is 6.60. The van der Waals surface area contributed by atoms with Gasteiger partial charge in [0.05, 0.1) is 0 Å². The Morgan fingerprint density at radius 2 is 1.88 bits per heavy atom. The summed E-state index contributed by atoms with van der Waals surface area (Å²) in [5, 5.41) is 11.7. The van der Waals surface area contributed by atoms with Crippen molar-refractivity contribution in [2.24, 2.45) is 5.92 Å². The van der Waals surface area contributed by atoms with E-state index >= 15 is 0 Å². The number of carboxylic acid groups (broad SMARTS) is 1. The van der Waals surface area contributed by atoms with E-state index in [2.05, 4.69) is 5.32 Å². The Kier molecular flexibility index (Phi) is 7.59. The van der Waals surface area contributed by atoms with Gasteiger partial charge in [-0.1, -0.05) is 75.3 Å². The van der Waals surface area contributed by atoms with Crippen molar-refractivity contribution in [2.75, 3.05) is 0 Å². The number of ether oxygens (including phenoxy) is 1. The molecule has 1 unspecified atom stereocenters. The van der Waals surface area contributed by atoms with Crippen LogP contribution in [0.25, 0.3) is 0 Å². The average Bonchev–Trinajstić information content (AvgIpc) is 2.61. The van der Waals surface area contributed by atoms with Crippen molar-refractivity contribution >= 4 is 12.1 Å². The monoisotopic (exact) mass is 333 g/mol. The molecule has 0 heterocycles. The van der Waals surface area contributed by atoms with E-state index in [0.717, 1.165) is 24.3 Å². The van der Waals surface area contributed by atoms with E-state index in [4.69, 9.17) is 4.74 Å². The van der Waals surface area contributed by atoms with Crippen LogP contribution in [0, 0.1) is 5.92 Å². The van der Waals surface area contributed by atoms with Gasteiger partial charge in [0.2, 0.25) is 0 Å². The first-order chi connectivity index (χ1) is 11.6. The number of rotatable bonds is 8. The van der Waals surface area contributed by atoms with Crippen molar-refractivity contribution in [3.8, 4) is 0 Å². The van der Waals surface area contributed by atoms with Crippen LogP contribution >= 0.6 is 0 Å². The number of benzene rings is 1. The van der Waals surface area contributed by atoms with Crippen molar-refractivity contribution in [2.45, 2.75) is 64.0 Å². The molecule has 1 aliphatic carbocycles. The molecular formula is C19H27NO4. The van der Waals surface area contributed by atoms with E-state index in [1.165, 1.54) is 32.1 Å². The van der Waals surface area contributed by atoms with Crippen LogP contribution in [0.15, 0.2) is 30.3 Å². The zero-order chi connectivity index (χ0) is 17.2. The van der Waals surface area contributed by atoms with E-state index in [1.807, 2.05) is 30.3 Å². The van der Waals surface area contributed by atoms with Gasteiger partial charge >= 0.3 is 12.1 Å². The number of carboxylic acids is 1. The lowest BCUT2D eigenvalue weighted by atomic mass is 9.85. The van der Waals surface area contributed by atoms with Crippen LogP contribution in [0.5, 0.6) is 0 Å². The molecule has 5 heteroatoms. The highest BCUT2D eigenvalue weighted by Crippen LogP contribution is 2.27. The molecule has 1 aromatic carbocycles. The molecule has 0 saturated heterocycles. The molecule has 132 valence electrons. The van der Waals surface area contributed by atoms with E-state index in [-0.39, 0.29) is 6.61 Å². The van der Waals surface area contributed by atoms with Crippen molar-refractivity contribution in [3.05, 3.63) is 35.9 Å². The van der Waals surface area contributed by atoms with E-state index in [0.29, 0.717) is 6.42 Å². The molecule has 0 spiro atoms. The SMILES string of the molecule is O=C(NC(CCCC1CCCCC1)C(=O)O)OCc1ccccc1. The Balaban J connectivity index is 1.69. The van der Waals surface area contributed by atoms with Crippen LogP contribution in [0.2, 0.25) is 0 Å². The maximum Gasteiger partial charge on any atom is 0.408 e. The van der Waals surface area contributed by atoms with E-state index in [1.54, 1.807) is 0 Å². The maximum atomic E-state index is 11.8. The summed E-state index contributed by atoms with van der Waals surface area (Å²) >= 11 is 0. The van der Waals surface area contributed by atoms with Crippen LogP contribution in [0.1, 0.15) is 56.9 Å². The molecule has 1 aromatic rings. The minimum atomic E-state index is -1.00. The van der Waals surface area contributed by atoms with Crippen LogP contribution in [-0.2, 0) is 16.1 Å². The summed E-state index contributed by atoms with van der Waals surface area (Å²) in [6.45, 7) is 0.140. The molecule has 1 amide bonds. The summed E-state index contributed by atoms with van der Waals surface area (Å²) in [4.78, 5) is 23.1.